The van der Waals surface area contributed by atoms with Crippen molar-refractivity contribution in [3.8, 4) is 6.07 Å². The molecule has 0 heterocycles. The highest BCUT2D eigenvalue weighted by Crippen LogP contribution is 2.17. The summed E-state index contributed by atoms with van der Waals surface area (Å²) in [6.07, 6.45) is 0. The quantitative estimate of drug-likeness (QED) is 0.883. The lowest BCUT2D eigenvalue weighted by molar-refractivity contribution is 0.0697. The lowest BCUT2D eigenvalue weighted by Gasteiger charge is -2.19. The second-order valence-corrected chi connectivity index (χ2v) is 4.34. The number of carboxylic acid groups (broad SMARTS) is 1. The molecule has 1 unspecified atom stereocenters. The van der Waals surface area contributed by atoms with E-state index in [4.69, 9.17) is 10.4 Å². The SMILES string of the molecule is CC(C#N)CN(C)C(=O)Nc1ccc(F)cc1C(=O)O. The van der Waals surface area contributed by atoms with Gasteiger partial charge in [0.2, 0.25) is 0 Å². The van der Waals surface area contributed by atoms with Crippen LogP contribution in [0.2, 0.25) is 0 Å². The zero-order valence-corrected chi connectivity index (χ0v) is 11.1. The number of carboxylic acids is 1. The van der Waals surface area contributed by atoms with Gasteiger partial charge < -0.3 is 15.3 Å². The summed E-state index contributed by atoms with van der Waals surface area (Å²) in [5.74, 6) is -2.39. The van der Waals surface area contributed by atoms with Gasteiger partial charge in [0, 0.05) is 13.6 Å². The molecule has 6 nitrogen and oxygen atoms in total. The lowest BCUT2D eigenvalue weighted by Crippen LogP contribution is -2.34. The number of urea groups is 1. The van der Waals surface area contributed by atoms with Crippen LogP contribution in [0.5, 0.6) is 0 Å². The molecule has 0 bridgehead atoms. The first kappa shape index (κ1) is 15.4. The molecule has 0 aromatic heterocycles. The van der Waals surface area contributed by atoms with E-state index in [-0.39, 0.29) is 23.7 Å². The largest absolute Gasteiger partial charge is 0.478 e. The van der Waals surface area contributed by atoms with Gasteiger partial charge in [0.25, 0.3) is 0 Å². The summed E-state index contributed by atoms with van der Waals surface area (Å²) in [5, 5.41) is 20.0. The highest BCUT2D eigenvalue weighted by molar-refractivity contribution is 5.99. The first-order chi connectivity index (χ1) is 9.35. The van der Waals surface area contributed by atoms with Gasteiger partial charge in [0.05, 0.1) is 23.2 Å². The predicted octanol–water partition coefficient (Wildman–Crippen LogP) is 2.15. The number of hydrogen-bond acceptors (Lipinski definition) is 3. The second kappa shape index (κ2) is 6.52. The summed E-state index contributed by atoms with van der Waals surface area (Å²) in [6.45, 7) is 1.86. The van der Waals surface area contributed by atoms with E-state index in [0.717, 1.165) is 12.1 Å². The van der Waals surface area contributed by atoms with Crippen molar-refractivity contribution in [1.82, 2.24) is 4.90 Å². The van der Waals surface area contributed by atoms with E-state index >= 15 is 0 Å². The summed E-state index contributed by atoms with van der Waals surface area (Å²) in [7, 11) is 1.48. The smallest absolute Gasteiger partial charge is 0.337 e. The number of aromatic carboxylic acids is 1. The predicted molar refractivity (Wildman–Crippen MR) is 69.8 cm³/mol. The summed E-state index contributed by atoms with van der Waals surface area (Å²) in [6, 6.07) is 4.48. The molecule has 1 aromatic rings. The van der Waals surface area contributed by atoms with Gasteiger partial charge in [-0.25, -0.2) is 14.0 Å². The molecule has 0 radical (unpaired) electrons. The maximum atomic E-state index is 13.0. The van der Waals surface area contributed by atoms with E-state index in [1.54, 1.807) is 6.92 Å². The molecule has 0 aliphatic carbocycles. The van der Waals surface area contributed by atoms with Gasteiger partial charge in [-0.2, -0.15) is 5.26 Å². The third-order valence-corrected chi connectivity index (χ3v) is 2.57. The van der Waals surface area contributed by atoms with Crippen molar-refractivity contribution >= 4 is 17.7 Å². The maximum Gasteiger partial charge on any atom is 0.337 e. The van der Waals surface area contributed by atoms with Crippen LogP contribution in [0, 0.1) is 23.1 Å². The Hall–Kier alpha value is -2.62. The zero-order valence-electron chi connectivity index (χ0n) is 11.1. The van der Waals surface area contributed by atoms with Gasteiger partial charge in [-0.3, -0.25) is 0 Å². The minimum atomic E-state index is -1.34. The summed E-state index contributed by atoms with van der Waals surface area (Å²) in [5.41, 5.74) is -0.333. The van der Waals surface area contributed by atoms with Gasteiger partial charge in [-0.15, -0.1) is 0 Å². The minimum absolute atomic E-state index is 0.000334. The first-order valence-electron chi connectivity index (χ1n) is 5.79. The van der Waals surface area contributed by atoms with E-state index in [2.05, 4.69) is 5.32 Å². The molecule has 7 heteroatoms. The van der Waals surface area contributed by atoms with Crippen molar-refractivity contribution in [2.75, 3.05) is 18.9 Å². The molecule has 1 rings (SSSR count). The van der Waals surface area contributed by atoms with Crippen molar-refractivity contribution in [3.05, 3.63) is 29.6 Å². The molecule has 0 saturated carbocycles. The van der Waals surface area contributed by atoms with E-state index in [0.29, 0.717) is 0 Å². The van der Waals surface area contributed by atoms with Crippen molar-refractivity contribution in [3.63, 3.8) is 0 Å². The number of nitriles is 1. The minimum Gasteiger partial charge on any atom is -0.478 e. The highest BCUT2D eigenvalue weighted by atomic mass is 19.1. The summed E-state index contributed by atoms with van der Waals surface area (Å²) < 4.78 is 13.0. The van der Waals surface area contributed by atoms with Gasteiger partial charge in [-0.1, -0.05) is 0 Å². The van der Waals surface area contributed by atoms with Crippen molar-refractivity contribution < 1.29 is 19.1 Å². The molecule has 2 N–H and O–H groups in total. The van der Waals surface area contributed by atoms with Crippen LogP contribution in [0.15, 0.2) is 18.2 Å². The maximum absolute atomic E-state index is 13.0. The molecule has 0 aliphatic heterocycles. The number of amides is 2. The third-order valence-electron chi connectivity index (χ3n) is 2.57. The Morgan fingerprint density at radius 2 is 2.20 bits per heavy atom. The number of halogens is 1. The Labute approximate surface area is 115 Å². The Bertz CT molecular complexity index is 568. The molecule has 20 heavy (non-hydrogen) atoms. The van der Waals surface area contributed by atoms with Crippen LogP contribution < -0.4 is 5.32 Å². The van der Waals surface area contributed by atoms with E-state index in [1.807, 2.05) is 6.07 Å². The van der Waals surface area contributed by atoms with Crippen LogP contribution in [0.3, 0.4) is 0 Å². The molecule has 2 amide bonds. The number of carbonyl (C=O) groups is 2. The van der Waals surface area contributed by atoms with Gasteiger partial charge in [0.1, 0.15) is 5.82 Å². The number of anilines is 1. The Morgan fingerprint density at radius 1 is 1.55 bits per heavy atom. The molecule has 106 valence electrons. The molecular weight excluding hydrogens is 265 g/mol. The van der Waals surface area contributed by atoms with Crippen molar-refractivity contribution in [1.29, 1.82) is 5.26 Å². The topological polar surface area (TPSA) is 93.4 Å². The van der Waals surface area contributed by atoms with Crippen LogP contribution in [0.1, 0.15) is 17.3 Å². The number of nitrogens with one attached hydrogen (secondary N) is 1. The van der Waals surface area contributed by atoms with Gasteiger partial charge in [-0.05, 0) is 25.1 Å². The Kier molecular flexibility index (Phi) is 5.03. The lowest BCUT2D eigenvalue weighted by atomic mass is 10.1. The molecule has 0 fully saturated rings. The van der Waals surface area contributed by atoms with Crippen LogP contribution in [-0.4, -0.2) is 35.6 Å². The van der Waals surface area contributed by atoms with E-state index in [1.165, 1.54) is 18.0 Å². The van der Waals surface area contributed by atoms with E-state index in [9.17, 15) is 14.0 Å². The van der Waals surface area contributed by atoms with Crippen LogP contribution in [-0.2, 0) is 0 Å². The number of rotatable bonds is 4. The van der Waals surface area contributed by atoms with Crippen LogP contribution in [0.25, 0.3) is 0 Å². The third kappa shape index (κ3) is 3.95. The molecule has 0 spiro atoms. The molecule has 1 aromatic carbocycles. The summed E-state index contributed by atoms with van der Waals surface area (Å²) >= 11 is 0. The van der Waals surface area contributed by atoms with Crippen LogP contribution in [0.4, 0.5) is 14.9 Å². The zero-order chi connectivity index (χ0) is 15.3. The fourth-order valence-corrected chi connectivity index (χ4v) is 1.55. The average molecular weight is 279 g/mol. The second-order valence-electron chi connectivity index (χ2n) is 4.34. The number of hydrogen-bond donors (Lipinski definition) is 2. The molecule has 0 saturated heterocycles. The highest BCUT2D eigenvalue weighted by Gasteiger charge is 2.16. The standard InChI is InChI=1S/C13H14FN3O3/c1-8(6-15)7-17(2)13(20)16-11-4-3-9(14)5-10(11)12(18)19/h3-5,8H,7H2,1-2H3,(H,16,20)(H,18,19). The number of carbonyl (C=O) groups excluding carboxylic acids is 1. The van der Waals surface area contributed by atoms with Crippen LogP contribution >= 0.6 is 0 Å². The monoisotopic (exact) mass is 279 g/mol. The van der Waals surface area contributed by atoms with Gasteiger partial charge in [0.15, 0.2) is 0 Å². The fraction of sp³-hybridized carbons (Fsp3) is 0.308. The summed E-state index contributed by atoms with van der Waals surface area (Å²) in [4.78, 5) is 24.1. The fourth-order valence-electron chi connectivity index (χ4n) is 1.55. The average Bonchev–Trinajstić information content (AvgIpc) is 2.40. The van der Waals surface area contributed by atoms with Crippen molar-refractivity contribution in [2.24, 2.45) is 5.92 Å². The Morgan fingerprint density at radius 3 is 2.75 bits per heavy atom. The first-order valence-corrected chi connectivity index (χ1v) is 5.79. The molecular formula is C13H14FN3O3. The normalized spacial score (nSPS) is 11.3. The Balaban J connectivity index is 2.86. The number of nitrogens with zero attached hydrogens (tertiary/aromatic N) is 2. The van der Waals surface area contributed by atoms with Crippen molar-refractivity contribution in [2.45, 2.75) is 6.92 Å². The van der Waals surface area contributed by atoms with Gasteiger partial charge >= 0.3 is 12.0 Å². The van der Waals surface area contributed by atoms with E-state index < -0.39 is 17.8 Å². The molecule has 0 aliphatic rings. The number of benzene rings is 1. The molecule has 1 atom stereocenters.